The van der Waals surface area contributed by atoms with E-state index in [-0.39, 0.29) is 18.1 Å². The Balaban J connectivity index is 2.12. The molecule has 0 aromatic heterocycles. The van der Waals surface area contributed by atoms with Gasteiger partial charge in [-0.05, 0) is 20.3 Å². The lowest BCUT2D eigenvalue weighted by atomic mass is 10.1. The number of nitrogens with zero attached hydrogens (tertiary/aromatic N) is 1. The summed E-state index contributed by atoms with van der Waals surface area (Å²) < 4.78 is 15.7. The molecule has 0 bridgehead atoms. The van der Waals surface area contributed by atoms with Gasteiger partial charge in [-0.15, -0.1) is 0 Å². The van der Waals surface area contributed by atoms with Crippen molar-refractivity contribution in [1.82, 2.24) is 0 Å². The van der Waals surface area contributed by atoms with Gasteiger partial charge in [-0.25, -0.2) is 0 Å². The van der Waals surface area contributed by atoms with E-state index >= 15 is 0 Å². The maximum absolute atomic E-state index is 11.1. The largest absolute Gasteiger partial charge is 0.454 e. The Hall–Kier alpha value is -2.02. The third kappa shape index (κ3) is 3.11. The van der Waals surface area contributed by atoms with Crippen LogP contribution in [0.1, 0.15) is 20.3 Å². The van der Waals surface area contributed by atoms with Crippen molar-refractivity contribution in [2.24, 2.45) is 0 Å². The molecular weight excluding hydrogens is 264 g/mol. The normalized spacial score (nSPS) is 13.3. The lowest BCUT2D eigenvalue weighted by Gasteiger charge is -2.23. The molecule has 1 aromatic carbocycles. The first kappa shape index (κ1) is 14.4. The van der Waals surface area contributed by atoms with E-state index < -0.39 is 4.92 Å². The molecule has 0 saturated heterocycles. The first-order chi connectivity index (χ1) is 9.43. The average Bonchev–Trinajstić information content (AvgIpc) is 2.84. The van der Waals surface area contributed by atoms with Gasteiger partial charge in [-0.1, -0.05) is 0 Å². The molecule has 20 heavy (non-hydrogen) atoms. The molecule has 0 fully saturated rings. The maximum atomic E-state index is 11.1. The Morgan fingerprint density at radius 1 is 1.40 bits per heavy atom. The van der Waals surface area contributed by atoms with Gasteiger partial charge in [0, 0.05) is 19.7 Å². The van der Waals surface area contributed by atoms with Crippen LogP contribution in [0.15, 0.2) is 12.1 Å². The number of nitrogens with one attached hydrogen (secondary N) is 1. The minimum Gasteiger partial charge on any atom is -0.454 e. The highest BCUT2D eigenvalue weighted by molar-refractivity contribution is 5.68. The number of hydrogen-bond donors (Lipinski definition) is 1. The minimum absolute atomic E-state index is 0.0236. The van der Waals surface area contributed by atoms with Crippen molar-refractivity contribution in [1.29, 1.82) is 0 Å². The second kappa shape index (κ2) is 5.54. The molecule has 7 heteroatoms. The van der Waals surface area contributed by atoms with Gasteiger partial charge in [0.25, 0.3) is 5.69 Å². The number of methoxy groups -OCH3 is 1. The first-order valence-electron chi connectivity index (χ1n) is 6.30. The van der Waals surface area contributed by atoms with E-state index in [1.165, 1.54) is 6.07 Å². The lowest BCUT2D eigenvalue weighted by molar-refractivity contribution is -0.384. The molecule has 0 atom stereocenters. The molecular formula is C13H18N2O5. The molecule has 0 aliphatic carbocycles. The van der Waals surface area contributed by atoms with E-state index in [2.05, 4.69) is 5.32 Å². The van der Waals surface area contributed by atoms with Crippen molar-refractivity contribution >= 4 is 11.4 Å². The van der Waals surface area contributed by atoms with Crippen LogP contribution in [-0.4, -0.2) is 31.0 Å². The zero-order valence-electron chi connectivity index (χ0n) is 11.8. The molecule has 1 N–H and O–H groups in total. The molecule has 1 aromatic rings. The van der Waals surface area contributed by atoms with E-state index in [9.17, 15) is 10.1 Å². The Morgan fingerprint density at radius 3 is 2.65 bits per heavy atom. The molecule has 0 amide bonds. The molecule has 2 rings (SSSR count). The number of nitro benzene ring substituents is 1. The third-order valence-electron chi connectivity index (χ3n) is 3.28. The third-order valence-corrected chi connectivity index (χ3v) is 3.28. The highest BCUT2D eigenvalue weighted by Crippen LogP contribution is 2.40. The van der Waals surface area contributed by atoms with Crippen LogP contribution in [0.5, 0.6) is 11.5 Å². The van der Waals surface area contributed by atoms with Gasteiger partial charge in [0.2, 0.25) is 6.79 Å². The van der Waals surface area contributed by atoms with Gasteiger partial charge in [-0.3, -0.25) is 10.1 Å². The molecule has 0 unspecified atom stereocenters. The zero-order valence-corrected chi connectivity index (χ0v) is 11.8. The van der Waals surface area contributed by atoms with E-state index in [0.29, 0.717) is 23.7 Å². The van der Waals surface area contributed by atoms with Gasteiger partial charge in [-0.2, -0.15) is 0 Å². The fourth-order valence-corrected chi connectivity index (χ4v) is 1.82. The van der Waals surface area contributed by atoms with Crippen LogP contribution in [0.4, 0.5) is 11.4 Å². The predicted molar refractivity (Wildman–Crippen MR) is 73.4 cm³/mol. The molecule has 0 radical (unpaired) electrons. The molecule has 1 aliphatic rings. The summed E-state index contributed by atoms with van der Waals surface area (Å²) >= 11 is 0. The van der Waals surface area contributed by atoms with Crippen LogP contribution in [0.3, 0.4) is 0 Å². The molecule has 0 spiro atoms. The number of ether oxygens (including phenoxy) is 3. The highest BCUT2D eigenvalue weighted by Gasteiger charge is 2.24. The second-order valence-electron chi connectivity index (χ2n) is 5.12. The van der Waals surface area contributed by atoms with Crippen LogP contribution >= 0.6 is 0 Å². The van der Waals surface area contributed by atoms with Crippen LogP contribution in [-0.2, 0) is 4.74 Å². The van der Waals surface area contributed by atoms with Crippen LogP contribution in [0.25, 0.3) is 0 Å². The Labute approximate surface area is 117 Å². The minimum atomic E-state index is -0.439. The smallest absolute Gasteiger partial charge is 0.296 e. The van der Waals surface area contributed by atoms with E-state index in [1.54, 1.807) is 13.2 Å². The molecule has 110 valence electrons. The zero-order chi connectivity index (χ0) is 14.8. The van der Waals surface area contributed by atoms with Crippen LogP contribution in [0, 0.1) is 10.1 Å². The predicted octanol–water partition coefficient (Wildman–Crippen LogP) is 2.55. The van der Waals surface area contributed by atoms with Crippen molar-refractivity contribution in [3.05, 3.63) is 22.2 Å². The molecule has 1 aliphatic heterocycles. The summed E-state index contributed by atoms with van der Waals surface area (Å²) in [5.74, 6) is 0.920. The number of hydrogen-bond acceptors (Lipinski definition) is 6. The van der Waals surface area contributed by atoms with Crippen molar-refractivity contribution in [3.8, 4) is 11.5 Å². The van der Waals surface area contributed by atoms with Gasteiger partial charge in [0.05, 0.1) is 16.6 Å². The summed E-state index contributed by atoms with van der Waals surface area (Å²) in [5.41, 5.74) is 0.119. The van der Waals surface area contributed by atoms with Crippen molar-refractivity contribution < 1.29 is 19.1 Å². The van der Waals surface area contributed by atoms with Gasteiger partial charge in [0.15, 0.2) is 11.5 Å². The Morgan fingerprint density at radius 2 is 2.05 bits per heavy atom. The SMILES string of the molecule is COC(C)(C)CCNc1cc2c(cc1[N+](=O)[O-])OCO2. The first-order valence-corrected chi connectivity index (χ1v) is 6.30. The van der Waals surface area contributed by atoms with E-state index in [1.807, 2.05) is 13.8 Å². The molecule has 7 nitrogen and oxygen atoms in total. The summed E-state index contributed by atoms with van der Waals surface area (Å²) in [6.07, 6.45) is 0.717. The Kier molecular flexibility index (Phi) is 3.99. The molecule has 1 heterocycles. The van der Waals surface area contributed by atoms with Crippen LogP contribution in [0.2, 0.25) is 0 Å². The fraction of sp³-hybridized carbons (Fsp3) is 0.538. The quantitative estimate of drug-likeness (QED) is 0.637. The number of nitro groups is 1. The van der Waals surface area contributed by atoms with Crippen LogP contribution < -0.4 is 14.8 Å². The van der Waals surface area contributed by atoms with Crippen molar-refractivity contribution in [3.63, 3.8) is 0 Å². The summed E-state index contributed by atoms with van der Waals surface area (Å²) in [6.45, 7) is 4.57. The van der Waals surface area contributed by atoms with Gasteiger partial charge < -0.3 is 19.5 Å². The maximum Gasteiger partial charge on any atom is 0.296 e. The van der Waals surface area contributed by atoms with Gasteiger partial charge >= 0.3 is 0 Å². The summed E-state index contributed by atoms with van der Waals surface area (Å²) in [5, 5.41) is 14.1. The summed E-state index contributed by atoms with van der Waals surface area (Å²) in [7, 11) is 1.64. The topological polar surface area (TPSA) is 82.9 Å². The van der Waals surface area contributed by atoms with E-state index in [4.69, 9.17) is 14.2 Å². The monoisotopic (exact) mass is 282 g/mol. The average molecular weight is 282 g/mol. The highest BCUT2D eigenvalue weighted by atomic mass is 16.7. The van der Waals surface area contributed by atoms with Gasteiger partial charge in [0.1, 0.15) is 5.69 Å². The summed E-state index contributed by atoms with van der Waals surface area (Å²) in [4.78, 5) is 10.6. The number of rotatable bonds is 6. The summed E-state index contributed by atoms with van der Waals surface area (Å²) in [6, 6.07) is 2.98. The van der Waals surface area contributed by atoms with E-state index in [0.717, 1.165) is 6.42 Å². The van der Waals surface area contributed by atoms with Crippen molar-refractivity contribution in [2.45, 2.75) is 25.9 Å². The standard InChI is InChI=1S/C13H18N2O5/c1-13(2,18-3)4-5-14-9-6-11-12(20-8-19-11)7-10(9)15(16)17/h6-7,14H,4-5,8H2,1-3H3. The second-order valence-corrected chi connectivity index (χ2v) is 5.12. The lowest BCUT2D eigenvalue weighted by Crippen LogP contribution is -2.25. The fourth-order valence-electron chi connectivity index (χ4n) is 1.82. The Bertz CT molecular complexity index is 516. The van der Waals surface area contributed by atoms with Crippen molar-refractivity contribution in [2.75, 3.05) is 25.8 Å². The molecule has 0 saturated carbocycles. The number of benzene rings is 1. The number of anilines is 1. The number of fused-ring (bicyclic) bond motifs is 1.